The Hall–Kier alpha value is -0.920. The summed E-state index contributed by atoms with van der Waals surface area (Å²) >= 11 is 0. The summed E-state index contributed by atoms with van der Waals surface area (Å²) < 4.78 is 27.3. The molecule has 1 heterocycles. The summed E-state index contributed by atoms with van der Waals surface area (Å²) in [7, 11) is 1.75. The van der Waals surface area contributed by atoms with Crippen LogP contribution in [-0.2, 0) is 17.1 Å². The molecule has 0 bridgehead atoms. The second kappa shape index (κ2) is 5.61. The highest BCUT2D eigenvalue weighted by Crippen LogP contribution is 2.13. The monoisotopic (exact) mass is 260 g/mol. The van der Waals surface area contributed by atoms with Crippen LogP contribution in [0.2, 0.25) is 0 Å². The molecule has 0 amide bonds. The fraction of sp³-hybridized carbons (Fsp3) is 0.700. The van der Waals surface area contributed by atoms with E-state index in [4.69, 9.17) is 0 Å². The summed E-state index contributed by atoms with van der Waals surface area (Å²) in [6.07, 6.45) is 2.32. The van der Waals surface area contributed by atoms with Gasteiger partial charge in [-0.1, -0.05) is 0 Å². The van der Waals surface area contributed by atoms with E-state index in [2.05, 4.69) is 10.3 Å². The van der Waals surface area contributed by atoms with Gasteiger partial charge in [0.15, 0.2) is 5.03 Å². The molecule has 1 aromatic heterocycles. The van der Waals surface area contributed by atoms with Crippen LogP contribution in [0.25, 0.3) is 0 Å². The average molecular weight is 260 g/mol. The van der Waals surface area contributed by atoms with E-state index >= 15 is 0 Å². The van der Waals surface area contributed by atoms with Gasteiger partial charge >= 0.3 is 0 Å². The summed E-state index contributed by atoms with van der Waals surface area (Å²) in [5, 5.41) is 3.10. The Morgan fingerprint density at radius 2 is 2.18 bits per heavy atom. The summed E-state index contributed by atoms with van der Waals surface area (Å²) in [4.78, 5) is 4.05. The molecule has 98 valence electrons. The number of hydrogen-bond donors (Lipinski definition) is 1. The minimum atomic E-state index is -3.45. The van der Waals surface area contributed by atoms with Crippen LogP contribution in [0.1, 0.15) is 12.2 Å². The van der Waals surface area contributed by atoms with E-state index in [9.17, 15) is 8.42 Å². The summed E-state index contributed by atoms with van der Waals surface area (Å²) in [6.45, 7) is 3.06. The molecule has 0 fully saturated rings. The van der Waals surface area contributed by atoms with Gasteiger partial charge in [0.25, 0.3) is 10.0 Å². The molecule has 0 spiro atoms. The van der Waals surface area contributed by atoms with Crippen LogP contribution in [0.15, 0.2) is 11.2 Å². The first-order valence-corrected chi connectivity index (χ1v) is 6.94. The van der Waals surface area contributed by atoms with Gasteiger partial charge < -0.3 is 9.88 Å². The van der Waals surface area contributed by atoms with E-state index < -0.39 is 10.0 Å². The molecule has 0 radical (unpaired) electrons. The molecular weight excluding hydrogens is 240 g/mol. The van der Waals surface area contributed by atoms with E-state index in [1.54, 1.807) is 31.8 Å². The lowest BCUT2D eigenvalue weighted by Crippen LogP contribution is -2.29. The van der Waals surface area contributed by atoms with Crippen LogP contribution in [0.4, 0.5) is 0 Å². The maximum atomic E-state index is 12.1. The topological polar surface area (TPSA) is 67.2 Å². The highest BCUT2D eigenvalue weighted by Gasteiger charge is 2.23. The molecule has 0 aromatic carbocycles. The lowest BCUT2D eigenvalue weighted by Gasteiger charge is -2.15. The third-order valence-corrected chi connectivity index (χ3v) is 4.39. The Bertz CT molecular complexity index is 447. The second-order valence-corrected chi connectivity index (χ2v) is 6.01. The third-order valence-electron chi connectivity index (χ3n) is 2.66. The maximum Gasteiger partial charge on any atom is 0.261 e. The third kappa shape index (κ3) is 3.27. The van der Waals surface area contributed by atoms with Gasteiger partial charge in [-0.05, 0) is 26.9 Å². The molecule has 6 nitrogen and oxygen atoms in total. The summed E-state index contributed by atoms with van der Waals surface area (Å²) in [6, 6.07) is 0. The van der Waals surface area contributed by atoms with E-state index in [0.29, 0.717) is 12.4 Å². The van der Waals surface area contributed by atoms with E-state index in [1.165, 1.54) is 4.31 Å². The minimum absolute atomic E-state index is 0.115. The van der Waals surface area contributed by atoms with Crippen LogP contribution >= 0.6 is 0 Å². The zero-order valence-electron chi connectivity index (χ0n) is 10.8. The molecule has 0 aliphatic heterocycles. The Morgan fingerprint density at radius 1 is 1.53 bits per heavy atom. The molecule has 0 aliphatic rings. The van der Waals surface area contributed by atoms with E-state index in [0.717, 1.165) is 13.0 Å². The van der Waals surface area contributed by atoms with E-state index in [-0.39, 0.29) is 5.03 Å². The number of hydrogen-bond acceptors (Lipinski definition) is 4. The molecule has 0 aliphatic carbocycles. The number of aryl methyl sites for hydroxylation is 2. The fourth-order valence-electron chi connectivity index (χ4n) is 1.41. The van der Waals surface area contributed by atoms with Crippen molar-refractivity contribution in [3.05, 3.63) is 12.0 Å². The Balaban J connectivity index is 2.80. The van der Waals surface area contributed by atoms with Crippen molar-refractivity contribution in [1.82, 2.24) is 19.2 Å². The molecular formula is C10H20N4O2S. The fourth-order valence-corrected chi connectivity index (χ4v) is 2.64. The van der Waals surface area contributed by atoms with Crippen LogP contribution in [0, 0.1) is 6.92 Å². The smallest absolute Gasteiger partial charge is 0.261 e. The normalized spacial score (nSPS) is 12.3. The predicted molar refractivity (Wildman–Crippen MR) is 66.3 cm³/mol. The van der Waals surface area contributed by atoms with Crippen LogP contribution in [-0.4, -0.2) is 49.5 Å². The van der Waals surface area contributed by atoms with Crippen molar-refractivity contribution in [3.63, 3.8) is 0 Å². The first kappa shape index (κ1) is 14.1. The number of nitrogens with one attached hydrogen (secondary N) is 1. The average Bonchev–Trinajstić information content (AvgIpc) is 2.60. The van der Waals surface area contributed by atoms with Gasteiger partial charge in [0.05, 0.1) is 0 Å². The van der Waals surface area contributed by atoms with Gasteiger partial charge in [-0.3, -0.25) is 0 Å². The minimum Gasteiger partial charge on any atom is -0.337 e. The van der Waals surface area contributed by atoms with E-state index in [1.807, 2.05) is 7.05 Å². The largest absolute Gasteiger partial charge is 0.337 e. The van der Waals surface area contributed by atoms with Crippen molar-refractivity contribution in [2.45, 2.75) is 18.4 Å². The zero-order valence-corrected chi connectivity index (χ0v) is 11.6. The van der Waals surface area contributed by atoms with Gasteiger partial charge in [0, 0.05) is 26.8 Å². The van der Waals surface area contributed by atoms with Crippen LogP contribution in [0.5, 0.6) is 0 Å². The highest BCUT2D eigenvalue weighted by molar-refractivity contribution is 7.89. The van der Waals surface area contributed by atoms with Crippen molar-refractivity contribution >= 4 is 10.0 Å². The van der Waals surface area contributed by atoms with Crippen LogP contribution in [0.3, 0.4) is 0 Å². The second-order valence-electron chi connectivity index (χ2n) is 4.02. The van der Waals surface area contributed by atoms with Crippen molar-refractivity contribution in [1.29, 1.82) is 0 Å². The number of rotatable bonds is 6. The van der Waals surface area contributed by atoms with Gasteiger partial charge in [0.1, 0.15) is 5.82 Å². The molecule has 0 saturated heterocycles. The molecule has 17 heavy (non-hydrogen) atoms. The van der Waals surface area contributed by atoms with Crippen molar-refractivity contribution in [2.24, 2.45) is 7.05 Å². The molecule has 0 atom stereocenters. The molecule has 7 heteroatoms. The summed E-state index contributed by atoms with van der Waals surface area (Å²) in [5.41, 5.74) is 0. The molecule has 0 unspecified atom stereocenters. The molecule has 0 saturated carbocycles. The summed E-state index contributed by atoms with van der Waals surface area (Å²) in [5.74, 6) is 0.687. The number of sulfonamides is 1. The number of aromatic nitrogens is 2. The molecule has 1 rings (SSSR count). The highest BCUT2D eigenvalue weighted by atomic mass is 32.2. The van der Waals surface area contributed by atoms with Gasteiger partial charge in [-0.2, -0.15) is 4.31 Å². The Morgan fingerprint density at radius 3 is 2.65 bits per heavy atom. The van der Waals surface area contributed by atoms with Crippen molar-refractivity contribution < 1.29 is 8.42 Å². The van der Waals surface area contributed by atoms with Gasteiger partial charge in [-0.15, -0.1) is 0 Å². The van der Waals surface area contributed by atoms with Gasteiger partial charge in [-0.25, -0.2) is 13.4 Å². The van der Waals surface area contributed by atoms with Crippen LogP contribution < -0.4 is 5.32 Å². The quantitative estimate of drug-likeness (QED) is 0.729. The zero-order chi connectivity index (χ0) is 13.1. The molecule has 1 N–H and O–H groups in total. The SMILES string of the molecule is CNCCCN(C)S(=O)(=O)c1cn(C)c(C)n1. The number of imidazole rings is 1. The van der Waals surface area contributed by atoms with Crippen molar-refractivity contribution in [3.8, 4) is 0 Å². The molecule has 1 aromatic rings. The lowest BCUT2D eigenvalue weighted by atomic mass is 10.4. The Labute approximate surface area is 103 Å². The lowest BCUT2D eigenvalue weighted by molar-refractivity contribution is 0.456. The number of nitrogens with zero attached hydrogens (tertiary/aromatic N) is 3. The first-order chi connectivity index (χ1) is 7.89. The maximum absolute atomic E-state index is 12.1. The predicted octanol–water partition coefficient (Wildman–Crippen LogP) is -0.0415. The van der Waals surface area contributed by atoms with Crippen molar-refractivity contribution in [2.75, 3.05) is 27.2 Å². The van der Waals surface area contributed by atoms with Gasteiger partial charge in [0.2, 0.25) is 0 Å². The standard InChI is InChI=1S/C10H20N4O2S/c1-9-12-10(8-13(9)3)17(15,16)14(4)7-5-6-11-2/h8,11H,5-7H2,1-4H3. The first-order valence-electron chi connectivity index (χ1n) is 5.50. The Kier molecular flexibility index (Phi) is 4.67.